The van der Waals surface area contributed by atoms with Crippen molar-refractivity contribution in [1.82, 2.24) is 9.97 Å². The van der Waals surface area contributed by atoms with Crippen molar-refractivity contribution in [2.75, 3.05) is 0 Å². The lowest BCUT2D eigenvalue weighted by Gasteiger charge is -2.12. The van der Waals surface area contributed by atoms with Gasteiger partial charge >= 0.3 is 6.18 Å². The van der Waals surface area contributed by atoms with Crippen LogP contribution in [0.1, 0.15) is 11.4 Å². The topological polar surface area (TPSA) is 45.8 Å². The molecule has 0 radical (unpaired) electrons. The van der Waals surface area contributed by atoms with E-state index in [0.29, 0.717) is 11.1 Å². The number of aromatic amines is 1. The minimum atomic E-state index is -4.73. The first-order valence-electron chi connectivity index (χ1n) is 7.20. The Bertz CT molecular complexity index is 914. The molecule has 0 spiro atoms. The fraction of sp³-hybridized carbons (Fsp3) is 0.111. The van der Waals surface area contributed by atoms with Gasteiger partial charge in [-0.05, 0) is 12.5 Å². The molecule has 0 aliphatic carbocycles. The highest BCUT2D eigenvalue weighted by Gasteiger charge is 2.35. The van der Waals surface area contributed by atoms with Gasteiger partial charge in [0.15, 0.2) is 0 Å². The molecule has 122 valence electrons. The molecule has 1 aromatic heterocycles. The molecule has 0 fully saturated rings. The third-order valence-corrected chi connectivity index (χ3v) is 3.58. The minimum absolute atomic E-state index is 0.0114. The monoisotopic (exact) mass is 330 g/mol. The van der Waals surface area contributed by atoms with Crippen LogP contribution in [0.5, 0.6) is 0 Å². The molecule has 0 atom stereocenters. The van der Waals surface area contributed by atoms with E-state index in [1.54, 1.807) is 54.6 Å². The van der Waals surface area contributed by atoms with Crippen LogP contribution in [0.15, 0.2) is 59.4 Å². The predicted octanol–water partition coefficient (Wildman–Crippen LogP) is 4.43. The highest BCUT2D eigenvalue weighted by molar-refractivity contribution is 5.80. The van der Waals surface area contributed by atoms with Gasteiger partial charge in [0.05, 0.1) is 11.3 Å². The molecule has 2 aromatic carbocycles. The van der Waals surface area contributed by atoms with E-state index >= 15 is 0 Å². The standard InChI is InChI=1S/C18H13F3N2O/c1-11-7-9-13(10-8-11)15-14(12-5-3-2-4-6-12)16(24)23-17(22-15)18(19,20)21/h2-10H,1H3,(H,22,23,24). The number of aromatic nitrogens is 2. The second-order valence-corrected chi connectivity index (χ2v) is 5.37. The molecule has 3 aromatic rings. The fourth-order valence-electron chi connectivity index (χ4n) is 2.40. The molecule has 3 rings (SSSR count). The Morgan fingerprint density at radius 2 is 1.54 bits per heavy atom. The fourth-order valence-corrected chi connectivity index (χ4v) is 2.40. The van der Waals surface area contributed by atoms with Gasteiger partial charge in [-0.1, -0.05) is 60.2 Å². The first kappa shape index (κ1) is 16.0. The first-order valence-corrected chi connectivity index (χ1v) is 7.20. The van der Waals surface area contributed by atoms with Crippen LogP contribution >= 0.6 is 0 Å². The van der Waals surface area contributed by atoms with E-state index in [1.165, 1.54) is 0 Å². The molecule has 0 unspecified atom stereocenters. The average molecular weight is 330 g/mol. The molecule has 1 N–H and O–H groups in total. The van der Waals surface area contributed by atoms with Crippen molar-refractivity contribution in [2.24, 2.45) is 0 Å². The van der Waals surface area contributed by atoms with Gasteiger partial charge in [0.2, 0.25) is 5.82 Å². The van der Waals surface area contributed by atoms with Crippen LogP contribution in [-0.4, -0.2) is 9.97 Å². The summed E-state index contributed by atoms with van der Waals surface area (Å²) in [6, 6.07) is 15.4. The number of alkyl halides is 3. The summed E-state index contributed by atoms with van der Waals surface area (Å²) in [6.45, 7) is 1.87. The van der Waals surface area contributed by atoms with Gasteiger partial charge in [0.1, 0.15) is 0 Å². The summed E-state index contributed by atoms with van der Waals surface area (Å²) in [4.78, 5) is 17.9. The summed E-state index contributed by atoms with van der Waals surface area (Å²) in [5.74, 6) is -1.30. The maximum atomic E-state index is 13.0. The van der Waals surface area contributed by atoms with Crippen LogP contribution in [0.3, 0.4) is 0 Å². The quantitative estimate of drug-likeness (QED) is 0.755. The van der Waals surface area contributed by atoms with Gasteiger partial charge in [-0.3, -0.25) is 4.79 Å². The van der Waals surface area contributed by atoms with Gasteiger partial charge in [-0.15, -0.1) is 0 Å². The molecule has 6 heteroatoms. The van der Waals surface area contributed by atoms with Gasteiger partial charge < -0.3 is 4.98 Å². The lowest BCUT2D eigenvalue weighted by atomic mass is 10.00. The van der Waals surface area contributed by atoms with E-state index in [-0.39, 0.29) is 11.3 Å². The normalized spacial score (nSPS) is 11.5. The summed E-state index contributed by atoms with van der Waals surface area (Å²) >= 11 is 0. The summed E-state index contributed by atoms with van der Waals surface area (Å²) in [6.07, 6.45) is -4.73. The minimum Gasteiger partial charge on any atom is -0.302 e. The van der Waals surface area contributed by atoms with E-state index in [0.717, 1.165) is 5.56 Å². The third-order valence-electron chi connectivity index (χ3n) is 3.58. The van der Waals surface area contributed by atoms with Gasteiger partial charge in [-0.25, -0.2) is 4.98 Å². The molecule has 0 aliphatic rings. The smallest absolute Gasteiger partial charge is 0.302 e. The third kappa shape index (κ3) is 3.08. The summed E-state index contributed by atoms with van der Waals surface area (Å²) in [5.41, 5.74) is 1.23. The van der Waals surface area contributed by atoms with Gasteiger partial charge in [0, 0.05) is 5.56 Å². The summed E-state index contributed by atoms with van der Waals surface area (Å²) in [7, 11) is 0. The zero-order valence-electron chi connectivity index (χ0n) is 12.7. The molecule has 1 heterocycles. The van der Waals surface area contributed by atoms with Gasteiger partial charge in [0.25, 0.3) is 5.56 Å². The molecule has 24 heavy (non-hydrogen) atoms. The Kier molecular flexibility index (Phi) is 3.97. The van der Waals surface area contributed by atoms with Crippen LogP contribution in [-0.2, 0) is 6.18 Å². The zero-order valence-corrected chi connectivity index (χ0v) is 12.7. The first-order chi connectivity index (χ1) is 11.4. The number of aryl methyl sites for hydroxylation is 1. The predicted molar refractivity (Wildman–Crippen MR) is 85.5 cm³/mol. The van der Waals surface area contributed by atoms with Crippen LogP contribution in [0, 0.1) is 6.92 Å². The second-order valence-electron chi connectivity index (χ2n) is 5.37. The van der Waals surface area contributed by atoms with E-state index < -0.39 is 17.6 Å². The summed E-state index contributed by atoms with van der Waals surface area (Å²) in [5, 5.41) is 0. The van der Waals surface area contributed by atoms with E-state index in [9.17, 15) is 18.0 Å². The molecular weight excluding hydrogens is 317 g/mol. The number of halogens is 3. The van der Waals surface area contributed by atoms with Crippen molar-refractivity contribution in [3.05, 3.63) is 76.3 Å². The largest absolute Gasteiger partial charge is 0.449 e. The molecule has 0 aliphatic heterocycles. The Balaban J connectivity index is 2.32. The maximum absolute atomic E-state index is 13.0. The van der Waals surface area contributed by atoms with Crippen LogP contribution in [0.25, 0.3) is 22.4 Å². The lowest BCUT2D eigenvalue weighted by molar-refractivity contribution is -0.145. The van der Waals surface area contributed by atoms with Crippen LogP contribution < -0.4 is 5.56 Å². The van der Waals surface area contributed by atoms with Crippen molar-refractivity contribution in [2.45, 2.75) is 13.1 Å². The van der Waals surface area contributed by atoms with E-state index in [4.69, 9.17) is 0 Å². The van der Waals surface area contributed by atoms with Crippen LogP contribution in [0.2, 0.25) is 0 Å². The molecule has 0 saturated heterocycles. The number of benzene rings is 2. The summed E-state index contributed by atoms with van der Waals surface area (Å²) < 4.78 is 39.1. The number of nitrogens with zero attached hydrogens (tertiary/aromatic N) is 1. The number of rotatable bonds is 2. The molecule has 0 bridgehead atoms. The lowest BCUT2D eigenvalue weighted by Crippen LogP contribution is -2.21. The zero-order chi connectivity index (χ0) is 17.3. The van der Waals surface area contributed by atoms with E-state index in [1.807, 2.05) is 11.9 Å². The molecule has 0 amide bonds. The average Bonchev–Trinajstić information content (AvgIpc) is 2.55. The Labute approximate surface area is 135 Å². The highest BCUT2D eigenvalue weighted by Crippen LogP contribution is 2.31. The van der Waals surface area contributed by atoms with Crippen molar-refractivity contribution < 1.29 is 13.2 Å². The van der Waals surface area contributed by atoms with Crippen molar-refractivity contribution >= 4 is 0 Å². The Morgan fingerprint density at radius 3 is 2.12 bits per heavy atom. The molecular formula is C18H13F3N2O. The van der Waals surface area contributed by atoms with E-state index in [2.05, 4.69) is 4.98 Å². The maximum Gasteiger partial charge on any atom is 0.449 e. The SMILES string of the molecule is Cc1ccc(-c2nc(C(F)(F)F)[nH]c(=O)c2-c2ccccc2)cc1. The highest BCUT2D eigenvalue weighted by atomic mass is 19.4. The van der Waals surface area contributed by atoms with Crippen molar-refractivity contribution in [3.8, 4) is 22.4 Å². The molecule has 0 saturated carbocycles. The Morgan fingerprint density at radius 1 is 0.917 bits per heavy atom. The number of nitrogens with one attached hydrogen (secondary N) is 1. The second kappa shape index (κ2) is 5.96. The number of hydrogen-bond donors (Lipinski definition) is 1. The van der Waals surface area contributed by atoms with Crippen molar-refractivity contribution in [3.63, 3.8) is 0 Å². The van der Waals surface area contributed by atoms with Gasteiger partial charge in [-0.2, -0.15) is 13.2 Å². The van der Waals surface area contributed by atoms with Crippen molar-refractivity contribution in [1.29, 1.82) is 0 Å². The molecule has 3 nitrogen and oxygen atoms in total. The number of H-pyrrole nitrogens is 1. The van der Waals surface area contributed by atoms with Crippen LogP contribution in [0.4, 0.5) is 13.2 Å². The number of hydrogen-bond acceptors (Lipinski definition) is 2. The Hall–Kier alpha value is -2.89.